The minimum atomic E-state index is 0. The van der Waals surface area contributed by atoms with E-state index in [1.54, 1.807) is 31.5 Å². The zero-order chi connectivity index (χ0) is 21.3. The van der Waals surface area contributed by atoms with Gasteiger partial charge in [-0.05, 0) is 49.4 Å². The smallest absolute Gasteiger partial charge is 0.686 e. The van der Waals surface area contributed by atoms with Gasteiger partial charge < -0.3 is 21.0 Å². The van der Waals surface area contributed by atoms with Crippen molar-refractivity contribution < 1.29 is 51.4 Å². The van der Waals surface area contributed by atoms with Crippen molar-refractivity contribution in [3.63, 3.8) is 0 Å². The van der Waals surface area contributed by atoms with Gasteiger partial charge in [-0.3, -0.25) is 5.14 Å². The number of hydrogen-bond donors (Lipinski definition) is 4. The standard InChI is InChI=1S/C15H18N5.C6H5N3S.K/c1-17-13(5-7-16)12-9-19-15-11(6-8-18-15)14(12)20-10-3-2-4-10;7-4-5-1-2-9-6(3-5)10-8;/h5-10,16H,2-4H2,1H3,(H2,18,19,20);1-3H,8H2;/q-1;;+1/b13-5-,16-7?;;. The zero-order valence-corrected chi connectivity index (χ0v) is 21.5. The van der Waals surface area contributed by atoms with Gasteiger partial charge >= 0.3 is 51.4 Å². The molecule has 10 heteroatoms. The Morgan fingerprint density at radius 2 is 2.23 bits per heavy atom. The molecule has 0 atom stereocenters. The van der Waals surface area contributed by atoms with Crippen LogP contribution in [0.25, 0.3) is 22.0 Å². The van der Waals surface area contributed by atoms with E-state index in [-0.39, 0.29) is 51.4 Å². The fourth-order valence-corrected chi connectivity index (χ4v) is 3.34. The molecule has 4 rings (SSSR count). The van der Waals surface area contributed by atoms with E-state index in [0.29, 0.717) is 16.6 Å². The van der Waals surface area contributed by atoms with Crippen LogP contribution in [0, 0.1) is 16.7 Å². The number of hydrogen-bond acceptors (Lipinski definition) is 7. The number of anilines is 1. The van der Waals surface area contributed by atoms with E-state index in [9.17, 15) is 0 Å². The van der Waals surface area contributed by atoms with Crippen molar-refractivity contribution in [2.24, 2.45) is 5.14 Å². The van der Waals surface area contributed by atoms with Crippen LogP contribution in [0.2, 0.25) is 0 Å². The third-order valence-corrected chi connectivity index (χ3v) is 5.25. The number of nitrogens with zero attached hydrogens (tertiary/aromatic N) is 4. The maximum absolute atomic E-state index is 8.43. The van der Waals surface area contributed by atoms with Crippen molar-refractivity contribution in [1.82, 2.24) is 15.0 Å². The zero-order valence-electron chi connectivity index (χ0n) is 17.6. The van der Waals surface area contributed by atoms with E-state index in [1.165, 1.54) is 25.5 Å². The van der Waals surface area contributed by atoms with Crippen molar-refractivity contribution in [3.05, 3.63) is 59.3 Å². The molecule has 3 heterocycles. The Kier molecular flexibility index (Phi) is 10.7. The third kappa shape index (κ3) is 6.63. The van der Waals surface area contributed by atoms with E-state index >= 15 is 0 Å². The number of nitriles is 1. The molecule has 0 amide bonds. The molecule has 0 unspecified atom stereocenters. The van der Waals surface area contributed by atoms with Crippen LogP contribution in [0.15, 0.2) is 47.9 Å². The number of H-pyrrole nitrogens is 1. The Bertz CT molecular complexity index is 1080. The van der Waals surface area contributed by atoms with E-state index in [0.717, 1.165) is 39.9 Å². The Labute approximate surface area is 228 Å². The van der Waals surface area contributed by atoms with E-state index in [1.807, 2.05) is 24.5 Å². The average Bonchev–Trinajstić information content (AvgIpc) is 3.24. The summed E-state index contributed by atoms with van der Waals surface area (Å²) in [6, 6.07) is 7.84. The first-order valence-corrected chi connectivity index (χ1v) is 10.3. The molecule has 0 aromatic carbocycles. The van der Waals surface area contributed by atoms with Crippen molar-refractivity contribution in [1.29, 1.82) is 10.7 Å². The summed E-state index contributed by atoms with van der Waals surface area (Å²) in [7, 11) is 1.74. The molecule has 0 radical (unpaired) electrons. The van der Waals surface area contributed by atoms with Gasteiger partial charge in [0.05, 0.1) is 17.3 Å². The second kappa shape index (κ2) is 13.0. The summed E-state index contributed by atoms with van der Waals surface area (Å²) in [4.78, 5) is 11.5. The molecule has 1 aliphatic carbocycles. The van der Waals surface area contributed by atoms with Crippen LogP contribution in [-0.4, -0.2) is 34.3 Å². The number of allylic oxidation sites excluding steroid dienone is 1. The van der Waals surface area contributed by atoms with Crippen LogP contribution < -0.4 is 61.8 Å². The van der Waals surface area contributed by atoms with E-state index in [4.69, 9.17) is 15.8 Å². The summed E-state index contributed by atoms with van der Waals surface area (Å²) in [6.45, 7) is 0. The molecule has 31 heavy (non-hydrogen) atoms. The molecule has 5 N–H and O–H groups in total. The molecule has 154 valence electrons. The Morgan fingerprint density at radius 3 is 2.84 bits per heavy atom. The van der Waals surface area contributed by atoms with Gasteiger partial charge in [-0.25, -0.2) is 9.97 Å². The largest absolute Gasteiger partial charge is 1.00 e. The number of aromatic nitrogens is 3. The Balaban J connectivity index is 0.000000264. The predicted octanol–water partition coefficient (Wildman–Crippen LogP) is 1.44. The normalized spacial score (nSPS) is 13.1. The summed E-state index contributed by atoms with van der Waals surface area (Å²) in [5, 5.41) is 30.5. The van der Waals surface area contributed by atoms with E-state index < -0.39 is 0 Å². The molecule has 0 saturated heterocycles. The molecule has 3 aromatic heterocycles. The quantitative estimate of drug-likeness (QED) is 0.250. The number of pyridine rings is 2. The molecule has 8 nitrogen and oxygen atoms in total. The molecule has 1 fully saturated rings. The van der Waals surface area contributed by atoms with Crippen molar-refractivity contribution in [3.8, 4) is 6.07 Å². The fraction of sp³-hybridized carbons (Fsp3) is 0.238. The molecule has 0 bridgehead atoms. The van der Waals surface area contributed by atoms with Gasteiger partial charge in [-0.2, -0.15) is 5.26 Å². The second-order valence-corrected chi connectivity index (χ2v) is 7.27. The number of nitrogens with two attached hydrogens (primary N) is 1. The summed E-state index contributed by atoms with van der Waals surface area (Å²) in [5.41, 5.74) is 4.26. The molecule has 1 aliphatic rings. The Hall–Kier alpha value is -1.71. The number of nitrogens with one attached hydrogen (secondary N) is 3. The molecule has 0 spiro atoms. The number of rotatable bonds is 6. The number of aromatic amines is 1. The van der Waals surface area contributed by atoms with Crippen LogP contribution in [-0.2, 0) is 0 Å². The maximum Gasteiger partial charge on any atom is 1.00 e. The summed E-state index contributed by atoms with van der Waals surface area (Å²) >= 11 is 1.04. The van der Waals surface area contributed by atoms with Crippen molar-refractivity contribution in [2.75, 3.05) is 12.4 Å². The van der Waals surface area contributed by atoms with Crippen molar-refractivity contribution in [2.45, 2.75) is 30.3 Å². The minimum Gasteiger partial charge on any atom is -0.686 e. The fourth-order valence-electron chi connectivity index (χ4n) is 3.02. The van der Waals surface area contributed by atoms with E-state index in [2.05, 4.69) is 25.6 Å². The van der Waals surface area contributed by atoms with Crippen LogP contribution in [0.5, 0.6) is 0 Å². The van der Waals surface area contributed by atoms with Gasteiger partial charge in [0, 0.05) is 41.8 Å². The predicted molar refractivity (Wildman–Crippen MR) is 122 cm³/mol. The minimum absolute atomic E-state index is 0. The van der Waals surface area contributed by atoms with Crippen LogP contribution in [0.1, 0.15) is 30.4 Å². The maximum atomic E-state index is 8.43. The van der Waals surface area contributed by atoms with Crippen LogP contribution >= 0.6 is 11.9 Å². The van der Waals surface area contributed by atoms with Crippen LogP contribution in [0.3, 0.4) is 0 Å². The van der Waals surface area contributed by atoms with Gasteiger partial charge in [0.15, 0.2) is 0 Å². The third-order valence-electron chi connectivity index (χ3n) is 4.78. The van der Waals surface area contributed by atoms with Gasteiger partial charge in [0.2, 0.25) is 0 Å². The summed E-state index contributed by atoms with van der Waals surface area (Å²) < 4.78 is 0. The average molecular weight is 459 g/mol. The second-order valence-electron chi connectivity index (χ2n) is 6.61. The van der Waals surface area contributed by atoms with Gasteiger partial charge in [0.1, 0.15) is 10.7 Å². The topological polar surface area (TPSA) is 141 Å². The van der Waals surface area contributed by atoms with Crippen molar-refractivity contribution >= 4 is 40.6 Å². The molecular weight excluding hydrogens is 435 g/mol. The van der Waals surface area contributed by atoms with Gasteiger partial charge in [0.25, 0.3) is 0 Å². The first kappa shape index (κ1) is 25.5. The summed E-state index contributed by atoms with van der Waals surface area (Å²) in [6.07, 6.45) is 11.9. The van der Waals surface area contributed by atoms with Gasteiger partial charge in [-0.1, -0.05) is 6.08 Å². The molecular formula is C21H23KN8S. The number of fused-ring (bicyclic) bond motifs is 1. The monoisotopic (exact) mass is 458 g/mol. The first-order chi connectivity index (χ1) is 14.7. The Morgan fingerprint density at radius 1 is 1.42 bits per heavy atom. The molecule has 1 saturated carbocycles. The van der Waals surface area contributed by atoms with Crippen LogP contribution in [0.4, 0.5) is 5.69 Å². The summed E-state index contributed by atoms with van der Waals surface area (Å²) in [5.74, 6) is 0. The van der Waals surface area contributed by atoms with Gasteiger partial charge in [-0.15, -0.1) is 12.7 Å². The molecule has 0 aliphatic heterocycles. The first-order valence-electron chi connectivity index (χ1n) is 9.46. The molecule has 3 aromatic rings. The SMILES string of the molecule is C[N-]/C(=C\C=N)c1cnc2[nH]ccc2c1NC1CCC1.N#Cc1ccnc(SN)c1.[K+].